The third-order valence-corrected chi connectivity index (χ3v) is 4.58. The summed E-state index contributed by atoms with van der Waals surface area (Å²) < 4.78 is 1.35. The van der Waals surface area contributed by atoms with Gasteiger partial charge in [-0.15, -0.1) is 4.55 Å². The summed E-state index contributed by atoms with van der Waals surface area (Å²) in [4.78, 5) is 0. The zero-order chi connectivity index (χ0) is 9.52. The van der Waals surface area contributed by atoms with Crippen LogP contribution in [0.15, 0.2) is 24.3 Å². The van der Waals surface area contributed by atoms with Crippen LogP contribution in [0.4, 0.5) is 0 Å². The molecule has 0 fully saturated rings. The molecule has 0 atom stereocenters. The van der Waals surface area contributed by atoms with Crippen molar-refractivity contribution in [2.45, 2.75) is 30.7 Å². The van der Waals surface area contributed by atoms with E-state index >= 15 is 0 Å². The van der Waals surface area contributed by atoms with Gasteiger partial charge in [0, 0.05) is 0 Å². The molecule has 0 aliphatic heterocycles. The van der Waals surface area contributed by atoms with Crippen LogP contribution in [0.3, 0.4) is 0 Å². The van der Waals surface area contributed by atoms with Gasteiger partial charge in [0.15, 0.2) is 0 Å². The first-order chi connectivity index (χ1) is 6.36. The van der Waals surface area contributed by atoms with Crippen molar-refractivity contribution in [3.63, 3.8) is 0 Å². The topological polar surface area (TPSA) is 0 Å². The van der Waals surface area contributed by atoms with Gasteiger partial charge in [-0.2, -0.15) is 0 Å². The highest BCUT2D eigenvalue weighted by Crippen LogP contribution is 2.09. The van der Waals surface area contributed by atoms with Gasteiger partial charge in [0.05, 0.1) is 0 Å². The number of hydrogen-bond acceptors (Lipinski definition) is 0. The smallest absolute Gasteiger partial charge is 0.301 e. The van der Waals surface area contributed by atoms with Crippen LogP contribution >= 0.6 is 18.9 Å². The van der Waals surface area contributed by atoms with Crippen molar-refractivity contribution in [1.29, 1.82) is 0 Å². The summed E-state index contributed by atoms with van der Waals surface area (Å²) in [6.45, 7) is 2.25. The molecule has 68 valence electrons. The molecule has 1 aromatic carbocycles. The van der Waals surface area contributed by atoms with E-state index in [4.69, 9.17) is 0 Å². The van der Waals surface area contributed by atoms with Crippen LogP contribution in [-0.4, -0.2) is 16.5 Å². The van der Waals surface area contributed by atoms with Crippen LogP contribution in [0, 0.1) is 0 Å². The van der Waals surface area contributed by atoms with Crippen molar-refractivity contribution >= 4 is 35.3 Å². The second-order valence-electron chi connectivity index (χ2n) is 3.36. The molecule has 1 aromatic rings. The molecule has 0 amide bonds. The van der Waals surface area contributed by atoms with Crippen molar-refractivity contribution in [2.24, 2.45) is 0 Å². The van der Waals surface area contributed by atoms with Crippen LogP contribution in [0.2, 0.25) is 0 Å². The molecule has 0 unspecified atom stereocenters. The predicted molar refractivity (Wildman–Crippen MR) is 68.5 cm³/mol. The monoisotopic (exact) mass is 298 g/mol. The van der Waals surface area contributed by atoms with E-state index in [0.717, 1.165) is 0 Å². The van der Waals surface area contributed by atoms with E-state index in [0.29, 0.717) is 0 Å². The summed E-state index contributed by atoms with van der Waals surface area (Å²) in [5.41, 5.74) is 3.08. The lowest BCUT2D eigenvalue weighted by Gasteiger charge is -2.02. The highest BCUT2D eigenvalue weighted by atomic mass is 127. The van der Waals surface area contributed by atoms with Crippen LogP contribution in [-0.2, 0) is 11.0 Å². The largest absolute Gasteiger partial charge is 0.468 e. The van der Waals surface area contributed by atoms with Crippen molar-refractivity contribution < 1.29 is 0 Å². The van der Waals surface area contributed by atoms with Gasteiger partial charge in [0.2, 0.25) is 0 Å². The minimum atomic E-state index is 0.151. The van der Waals surface area contributed by atoms with E-state index in [1.807, 2.05) is 0 Å². The van der Waals surface area contributed by atoms with Gasteiger partial charge >= 0.3 is 16.5 Å². The minimum absolute atomic E-state index is 0.151. The lowest BCUT2D eigenvalue weighted by Crippen LogP contribution is -1.91. The molecule has 0 nitrogen and oxygen atoms in total. The van der Waals surface area contributed by atoms with Crippen molar-refractivity contribution in [3.05, 3.63) is 35.4 Å². The van der Waals surface area contributed by atoms with E-state index < -0.39 is 0 Å². The zero-order valence-electron chi connectivity index (χ0n) is 8.22. The van der Waals surface area contributed by atoms with Crippen molar-refractivity contribution in [3.8, 4) is 0 Å². The van der Waals surface area contributed by atoms with Crippen molar-refractivity contribution in [2.75, 3.05) is 0 Å². The minimum Gasteiger partial charge on any atom is -0.301 e. The van der Waals surface area contributed by atoms with Gasteiger partial charge in [-0.05, 0) is 18.4 Å². The maximum absolute atomic E-state index is 2.57. The van der Waals surface area contributed by atoms with Gasteiger partial charge < -0.3 is 18.9 Å². The van der Waals surface area contributed by atoms with Crippen LogP contribution in [0.25, 0.3) is 0 Å². The number of rotatable bonds is 5. The van der Waals surface area contributed by atoms with E-state index in [1.54, 1.807) is 5.56 Å². The van der Waals surface area contributed by atoms with Crippen molar-refractivity contribution in [1.82, 2.24) is 0 Å². The van der Waals surface area contributed by atoms with Gasteiger partial charge in [0.25, 0.3) is 0 Å². The Morgan fingerprint density at radius 1 is 1.31 bits per heavy atom. The third kappa shape index (κ3) is 4.65. The standard InChI is InChI=1S/C11H15.HI.Mg/c1-3-4-7-11-8-5-6-10(2)9-11;;/h5-6,8-9H,2-4,7H2,1H3;1H;/q;;+1/p-1. The number of benzene rings is 1. The van der Waals surface area contributed by atoms with Crippen LogP contribution in [0.1, 0.15) is 30.9 Å². The molecule has 2 heteroatoms. The lowest BCUT2D eigenvalue weighted by molar-refractivity contribution is 0.794. The first-order valence-corrected chi connectivity index (χ1v) is 11.1. The fraction of sp³-hybridized carbons (Fsp3) is 0.455. The number of hydrogen-bond donors (Lipinski definition) is 0. The second-order valence-corrected chi connectivity index (χ2v) is 7.48. The highest BCUT2D eigenvalue weighted by molar-refractivity contribution is 14.1. The fourth-order valence-corrected chi connectivity index (χ4v) is 3.83. The Balaban J connectivity index is 2.56. The summed E-state index contributed by atoms with van der Waals surface area (Å²) in [5, 5.41) is 0. The van der Waals surface area contributed by atoms with Crippen LogP contribution < -0.4 is 0 Å². The Bertz CT molecular complexity index is 248. The Hall–Kier alpha value is 0.716. The Morgan fingerprint density at radius 3 is 2.77 bits per heavy atom. The molecule has 1 rings (SSSR count). The van der Waals surface area contributed by atoms with Crippen LogP contribution in [0.5, 0.6) is 0 Å². The lowest BCUT2D eigenvalue weighted by atomic mass is 10.1. The summed E-state index contributed by atoms with van der Waals surface area (Å²) in [5.74, 6) is 0. The average Bonchev–Trinajstić information content (AvgIpc) is 2.16. The van der Waals surface area contributed by atoms with Gasteiger partial charge in [-0.1, -0.05) is 43.2 Å². The molecule has 13 heavy (non-hydrogen) atoms. The van der Waals surface area contributed by atoms with Gasteiger partial charge in [-0.25, -0.2) is 0 Å². The molecule has 0 saturated heterocycles. The van der Waals surface area contributed by atoms with E-state index in [9.17, 15) is 0 Å². The maximum atomic E-state index is 2.57. The average molecular weight is 298 g/mol. The summed E-state index contributed by atoms with van der Waals surface area (Å²) in [6, 6.07) is 9.12. The highest BCUT2D eigenvalue weighted by Gasteiger charge is 1.96. The van der Waals surface area contributed by atoms with Gasteiger partial charge in [-0.3, -0.25) is 0 Å². The van der Waals surface area contributed by atoms with Gasteiger partial charge in [0.1, 0.15) is 0 Å². The SMILES string of the molecule is CCCCc1cccc([CH2][Mg][I])c1. The predicted octanol–water partition coefficient (Wildman–Crippen LogP) is 3.58. The Labute approximate surface area is 101 Å². The molecule has 0 bridgehead atoms. The summed E-state index contributed by atoms with van der Waals surface area (Å²) in [7, 11) is 0. The molecule has 0 aliphatic carbocycles. The second kappa shape index (κ2) is 7.07. The molecular weight excluding hydrogens is 283 g/mol. The number of unbranched alkanes of at least 4 members (excludes halogenated alkanes) is 1. The molecular formula is C11H15IMg. The summed E-state index contributed by atoms with van der Waals surface area (Å²) >= 11 is 2.72. The number of halogens is 1. The first kappa shape index (κ1) is 11.8. The zero-order valence-corrected chi connectivity index (χ0v) is 11.8. The number of aryl methyl sites for hydroxylation is 1. The molecule has 0 aromatic heterocycles. The van der Waals surface area contributed by atoms with E-state index in [-0.39, 0.29) is 16.5 Å². The fourth-order valence-electron chi connectivity index (χ4n) is 1.43. The maximum Gasteiger partial charge on any atom is 0.468 e. The Kier molecular flexibility index (Phi) is 6.41. The first-order valence-electron chi connectivity index (χ1n) is 5.00. The van der Waals surface area contributed by atoms with E-state index in [1.165, 1.54) is 29.4 Å². The molecule has 0 saturated carbocycles. The molecule has 0 radical (unpaired) electrons. The third-order valence-electron chi connectivity index (χ3n) is 2.19. The molecule has 0 spiro atoms. The molecule has 0 heterocycles. The quantitative estimate of drug-likeness (QED) is 0.576. The summed E-state index contributed by atoms with van der Waals surface area (Å²) in [6.07, 6.45) is 3.88. The molecule has 0 aliphatic rings. The van der Waals surface area contributed by atoms with E-state index in [2.05, 4.69) is 50.0 Å². The normalized spacial score (nSPS) is 9.69. The Morgan fingerprint density at radius 2 is 2.08 bits per heavy atom. The molecule has 0 N–H and O–H groups in total.